The normalized spacial score (nSPS) is 13.0. The van der Waals surface area contributed by atoms with Crippen molar-refractivity contribution in [1.82, 2.24) is 4.72 Å². The van der Waals surface area contributed by atoms with E-state index in [1.54, 1.807) is 18.2 Å². The van der Waals surface area contributed by atoms with Gasteiger partial charge in [0.25, 0.3) is 11.8 Å². The lowest BCUT2D eigenvalue weighted by atomic mass is 10.0. The molecular formula is C23H18N2O6S. The number of hydrogen-bond acceptors (Lipinski definition) is 5. The average molecular weight is 450 g/mol. The maximum Gasteiger partial charge on any atom is 0.337 e. The van der Waals surface area contributed by atoms with E-state index < -0.39 is 27.8 Å². The Labute approximate surface area is 184 Å². The van der Waals surface area contributed by atoms with Crippen molar-refractivity contribution >= 4 is 33.5 Å². The van der Waals surface area contributed by atoms with Crippen LogP contribution in [0.5, 0.6) is 0 Å². The van der Waals surface area contributed by atoms with Crippen LogP contribution in [0.15, 0.2) is 66.7 Å². The van der Waals surface area contributed by atoms with Crippen LogP contribution in [0.3, 0.4) is 0 Å². The van der Waals surface area contributed by atoms with E-state index in [1.807, 2.05) is 35.1 Å². The van der Waals surface area contributed by atoms with E-state index in [0.29, 0.717) is 5.56 Å². The van der Waals surface area contributed by atoms with Crippen LogP contribution in [0.25, 0.3) is 11.1 Å². The zero-order chi connectivity index (χ0) is 23.0. The van der Waals surface area contributed by atoms with Gasteiger partial charge < -0.3 is 10.0 Å². The van der Waals surface area contributed by atoms with E-state index in [1.165, 1.54) is 23.1 Å². The minimum Gasteiger partial charge on any atom is -0.478 e. The molecule has 2 amide bonds. The van der Waals surface area contributed by atoms with Crippen molar-refractivity contribution in [3.8, 4) is 11.1 Å². The fourth-order valence-electron chi connectivity index (χ4n) is 3.61. The molecule has 0 unspecified atom stereocenters. The second-order valence-electron chi connectivity index (χ2n) is 7.37. The van der Waals surface area contributed by atoms with Gasteiger partial charge in [-0.05, 0) is 41.0 Å². The predicted molar refractivity (Wildman–Crippen MR) is 118 cm³/mol. The highest BCUT2D eigenvalue weighted by Crippen LogP contribution is 2.34. The molecule has 1 aliphatic heterocycles. The Kier molecular flexibility index (Phi) is 5.27. The topological polar surface area (TPSA) is 121 Å². The van der Waals surface area contributed by atoms with E-state index in [9.17, 15) is 27.9 Å². The fraction of sp³-hybridized carbons (Fsp3) is 0.0870. The number of rotatable bonds is 5. The minimum atomic E-state index is -3.76. The number of nitrogens with one attached hydrogen (secondary N) is 1. The largest absolute Gasteiger partial charge is 0.478 e. The van der Waals surface area contributed by atoms with E-state index in [0.717, 1.165) is 17.4 Å². The van der Waals surface area contributed by atoms with Gasteiger partial charge in [0.1, 0.15) is 0 Å². The quantitative estimate of drug-likeness (QED) is 0.617. The molecule has 8 nitrogen and oxygen atoms in total. The summed E-state index contributed by atoms with van der Waals surface area (Å²) in [5.41, 5.74) is 2.67. The van der Waals surface area contributed by atoms with Gasteiger partial charge >= 0.3 is 5.97 Å². The van der Waals surface area contributed by atoms with Crippen LogP contribution in [-0.4, -0.2) is 37.6 Å². The lowest BCUT2D eigenvalue weighted by Gasteiger charge is -2.19. The molecule has 1 aliphatic rings. The molecule has 3 aromatic rings. The number of sulfonamides is 1. The number of benzene rings is 3. The van der Waals surface area contributed by atoms with Crippen molar-refractivity contribution in [3.63, 3.8) is 0 Å². The summed E-state index contributed by atoms with van der Waals surface area (Å²) in [6, 6.07) is 18.5. The highest BCUT2D eigenvalue weighted by Gasteiger charge is 2.32. The molecule has 0 aliphatic carbocycles. The first kappa shape index (κ1) is 21.3. The molecule has 0 radical (unpaired) electrons. The molecule has 9 heteroatoms. The lowest BCUT2D eigenvalue weighted by molar-refractivity contribution is 0.0697. The summed E-state index contributed by atoms with van der Waals surface area (Å²) >= 11 is 0. The lowest BCUT2D eigenvalue weighted by Crippen LogP contribution is -2.29. The summed E-state index contributed by atoms with van der Waals surface area (Å²) in [4.78, 5) is 38.5. The molecule has 162 valence electrons. The Morgan fingerprint density at radius 1 is 0.969 bits per heavy atom. The van der Waals surface area contributed by atoms with Crippen LogP contribution in [0.4, 0.5) is 5.69 Å². The van der Waals surface area contributed by atoms with Crippen LogP contribution in [0, 0.1) is 0 Å². The van der Waals surface area contributed by atoms with Crippen LogP contribution in [0.1, 0.15) is 36.6 Å². The summed E-state index contributed by atoms with van der Waals surface area (Å²) in [5.74, 6) is -2.49. The summed E-state index contributed by atoms with van der Waals surface area (Å²) in [6.07, 6.45) is 0.859. The molecule has 32 heavy (non-hydrogen) atoms. The zero-order valence-corrected chi connectivity index (χ0v) is 17.7. The number of aromatic carboxylic acids is 1. The highest BCUT2D eigenvalue weighted by molar-refractivity contribution is 7.89. The van der Waals surface area contributed by atoms with Crippen molar-refractivity contribution < 1.29 is 27.9 Å². The number of amides is 2. The Balaban J connectivity index is 1.73. The average Bonchev–Trinajstić information content (AvgIpc) is 3.08. The number of anilines is 1. The first-order chi connectivity index (χ1) is 15.1. The molecule has 4 rings (SSSR count). The number of fused-ring (bicyclic) bond motifs is 1. The molecular weight excluding hydrogens is 432 g/mol. The predicted octanol–water partition coefficient (Wildman–Crippen LogP) is 2.90. The fourth-order valence-corrected chi connectivity index (χ4v) is 4.06. The van der Waals surface area contributed by atoms with Crippen molar-refractivity contribution in [1.29, 1.82) is 0 Å². The molecule has 3 aromatic carbocycles. The zero-order valence-electron chi connectivity index (χ0n) is 16.9. The Hall–Kier alpha value is -3.98. The molecule has 0 fully saturated rings. The number of nitrogens with zero attached hydrogens (tertiary/aromatic N) is 1. The smallest absolute Gasteiger partial charge is 0.337 e. The maximum absolute atomic E-state index is 13.2. The van der Waals surface area contributed by atoms with Gasteiger partial charge in [0.2, 0.25) is 10.0 Å². The first-order valence-corrected chi connectivity index (χ1v) is 11.4. The highest BCUT2D eigenvalue weighted by atomic mass is 32.2. The van der Waals surface area contributed by atoms with Crippen LogP contribution in [0.2, 0.25) is 0 Å². The Bertz CT molecular complexity index is 1370. The van der Waals surface area contributed by atoms with Gasteiger partial charge in [-0.15, -0.1) is 0 Å². The summed E-state index contributed by atoms with van der Waals surface area (Å²) in [5, 5.41) is 9.67. The van der Waals surface area contributed by atoms with Crippen LogP contribution < -0.4 is 9.62 Å². The number of carboxylic acid groups (broad SMARTS) is 1. The molecule has 2 N–H and O–H groups in total. The number of hydrogen-bond donors (Lipinski definition) is 2. The molecule has 0 aromatic heterocycles. The first-order valence-electron chi connectivity index (χ1n) is 9.54. The van der Waals surface area contributed by atoms with Crippen molar-refractivity contribution in [2.24, 2.45) is 0 Å². The molecule has 0 saturated heterocycles. The minimum absolute atomic E-state index is 0.0147. The van der Waals surface area contributed by atoms with Gasteiger partial charge in [0.15, 0.2) is 0 Å². The van der Waals surface area contributed by atoms with Gasteiger partial charge in [0.05, 0.1) is 24.1 Å². The standard InChI is InChI=1S/C23H18N2O6S/c1-32(30,31)24-21(26)16-7-8-17-13-25(22(27)19(17)11-16)20-12-15(9-10-18(20)23(28)29)14-5-3-2-4-6-14/h2-12H,13H2,1H3,(H,24,26)(H,28,29). The van der Waals surface area contributed by atoms with Crippen LogP contribution >= 0.6 is 0 Å². The third kappa shape index (κ3) is 4.10. The molecule has 0 spiro atoms. The SMILES string of the molecule is CS(=O)(=O)NC(=O)c1ccc2c(c1)C(=O)N(c1cc(-c3ccccc3)ccc1C(=O)O)C2. The number of carboxylic acids is 1. The van der Waals surface area contributed by atoms with Crippen molar-refractivity contribution in [2.45, 2.75) is 6.54 Å². The Morgan fingerprint density at radius 2 is 1.69 bits per heavy atom. The van der Waals surface area contributed by atoms with Crippen LogP contribution in [-0.2, 0) is 16.6 Å². The Morgan fingerprint density at radius 3 is 2.34 bits per heavy atom. The van der Waals surface area contributed by atoms with E-state index in [2.05, 4.69) is 0 Å². The summed E-state index contributed by atoms with van der Waals surface area (Å²) in [7, 11) is -3.76. The third-order valence-electron chi connectivity index (χ3n) is 5.08. The second-order valence-corrected chi connectivity index (χ2v) is 9.12. The van der Waals surface area contributed by atoms with E-state index in [-0.39, 0.29) is 28.9 Å². The molecule has 0 atom stereocenters. The van der Waals surface area contributed by atoms with Crippen molar-refractivity contribution in [2.75, 3.05) is 11.2 Å². The van der Waals surface area contributed by atoms with Gasteiger partial charge in [-0.2, -0.15) is 0 Å². The number of carbonyl (C=O) groups excluding carboxylic acids is 2. The maximum atomic E-state index is 13.2. The van der Waals surface area contributed by atoms with Crippen molar-refractivity contribution in [3.05, 3.63) is 89.0 Å². The number of carbonyl (C=O) groups is 3. The van der Waals surface area contributed by atoms with E-state index >= 15 is 0 Å². The van der Waals surface area contributed by atoms with Gasteiger partial charge in [-0.25, -0.2) is 17.9 Å². The molecule has 0 saturated carbocycles. The third-order valence-corrected chi connectivity index (χ3v) is 5.64. The second kappa shape index (κ2) is 7.93. The van der Waals surface area contributed by atoms with E-state index in [4.69, 9.17) is 0 Å². The van der Waals surface area contributed by atoms with Gasteiger partial charge in [-0.3, -0.25) is 9.59 Å². The van der Waals surface area contributed by atoms with Gasteiger partial charge in [0, 0.05) is 11.1 Å². The summed E-state index contributed by atoms with van der Waals surface area (Å²) in [6.45, 7) is 0.126. The molecule has 0 bridgehead atoms. The summed E-state index contributed by atoms with van der Waals surface area (Å²) < 4.78 is 24.5. The molecule has 1 heterocycles. The van der Waals surface area contributed by atoms with Gasteiger partial charge in [-0.1, -0.05) is 42.5 Å². The monoisotopic (exact) mass is 450 g/mol.